The van der Waals surface area contributed by atoms with E-state index in [2.05, 4.69) is 5.32 Å². The van der Waals surface area contributed by atoms with Crippen molar-refractivity contribution in [2.45, 2.75) is 66.2 Å². The number of carbonyl (C=O) groups excluding carboxylic acids is 2. The van der Waals surface area contributed by atoms with Crippen LogP contribution in [0.3, 0.4) is 0 Å². The summed E-state index contributed by atoms with van der Waals surface area (Å²) in [6, 6.07) is 0. The number of aromatic nitrogens is 2. The van der Waals surface area contributed by atoms with Gasteiger partial charge in [0.05, 0.1) is 6.42 Å². The molecule has 0 spiro atoms. The summed E-state index contributed by atoms with van der Waals surface area (Å²) in [5, 5.41) is 2.90. The first kappa shape index (κ1) is 20.3. The first-order chi connectivity index (χ1) is 12.3. The Labute approximate surface area is 156 Å². The highest BCUT2D eigenvalue weighted by atomic mass is 16.2. The third-order valence-corrected chi connectivity index (χ3v) is 4.94. The Morgan fingerprint density at radius 2 is 1.88 bits per heavy atom. The SMILES string of the molecule is CCCNC(=O)Cc1c(C)nc(C2CCCN(C(=O)C(C)C)C2)nc1C. The lowest BCUT2D eigenvalue weighted by Crippen LogP contribution is -2.41. The first-order valence-electron chi connectivity index (χ1n) is 9.73. The van der Waals surface area contributed by atoms with Gasteiger partial charge in [0.25, 0.3) is 0 Å². The van der Waals surface area contributed by atoms with Crippen molar-refractivity contribution < 1.29 is 9.59 Å². The highest BCUT2D eigenvalue weighted by Gasteiger charge is 2.28. The summed E-state index contributed by atoms with van der Waals surface area (Å²) in [6.07, 6.45) is 3.22. The fraction of sp³-hybridized carbons (Fsp3) is 0.700. The van der Waals surface area contributed by atoms with E-state index in [9.17, 15) is 9.59 Å². The second kappa shape index (κ2) is 9.10. The summed E-state index contributed by atoms with van der Waals surface area (Å²) in [5.41, 5.74) is 2.64. The molecule has 1 saturated heterocycles. The van der Waals surface area contributed by atoms with E-state index in [1.165, 1.54) is 0 Å². The van der Waals surface area contributed by atoms with Crippen molar-refractivity contribution in [3.05, 3.63) is 22.8 Å². The van der Waals surface area contributed by atoms with Gasteiger partial charge in [-0.3, -0.25) is 9.59 Å². The zero-order valence-electron chi connectivity index (χ0n) is 16.8. The predicted octanol–water partition coefficient (Wildman–Crippen LogP) is 2.52. The molecule has 0 radical (unpaired) electrons. The van der Waals surface area contributed by atoms with Crippen molar-refractivity contribution in [1.82, 2.24) is 20.2 Å². The van der Waals surface area contributed by atoms with Crippen molar-refractivity contribution in [3.63, 3.8) is 0 Å². The number of piperidine rings is 1. The van der Waals surface area contributed by atoms with Gasteiger partial charge in [0, 0.05) is 48.4 Å². The van der Waals surface area contributed by atoms with Crippen LogP contribution in [-0.2, 0) is 16.0 Å². The summed E-state index contributed by atoms with van der Waals surface area (Å²) >= 11 is 0. The smallest absolute Gasteiger partial charge is 0.225 e. The zero-order valence-corrected chi connectivity index (χ0v) is 16.8. The van der Waals surface area contributed by atoms with Crippen LogP contribution in [0.25, 0.3) is 0 Å². The van der Waals surface area contributed by atoms with E-state index >= 15 is 0 Å². The van der Waals surface area contributed by atoms with Gasteiger partial charge in [-0.1, -0.05) is 20.8 Å². The number of carbonyl (C=O) groups is 2. The van der Waals surface area contributed by atoms with E-state index < -0.39 is 0 Å². The molecule has 1 aliphatic heterocycles. The Hall–Kier alpha value is -1.98. The predicted molar refractivity (Wildman–Crippen MR) is 102 cm³/mol. The molecule has 6 nitrogen and oxygen atoms in total. The summed E-state index contributed by atoms with van der Waals surface area (Å²) in [5.74, 6) is 1.21. The standard InChI is InChI=1S/C20H32N4O2/c1-6-9-21-18(25)11-17-14(4)22-19(23-15(17)5)16-8-7-10-24(12-16)20(26)13(2)3/h13,16H,6-12H2,1-5H3,(H,21,25). The average Bonchev–Trinajstić information content (AvgIpc) is 2.62. The van der Waals surface area contributed by atoms with Crippen molar-refractivity contribution in [2.75, 3.05) is 19.6 Å². The van der Waals surface area contributed by atoms with E-state index in [1.54, 1.807) is 0 Å². The molecule has 1 aromatic heterocycles. The van der Waals surface area contributed by atoms with E-state index in [0.29, 0.717) is 19.5 Å². The molecule has 2 rings (SSSR count). The summed E-state index contributed by atoms with van der Waals surface area (Å²) in [4.78, 5) is 35.7. The number of hydrogen-bond donors (Lipinski definition) is 1. The van der Waals surface area contributed by atoms with Gasteiger partial charge in [0.2, 0.25) is 11.8 Å². The molecule has 0 aromatic carbocycles. The molecule has 1 unspecified atom stereocenters. The monoisotopic (exact) mass is 360 g/mol. The van der Waals surface area contributed by atoms with Gasteiger partial charge in [-0.15, -0.1) is 0 Å². The van der Waals surface area contributed by atoms with E-state index in [0.717, 1.165) is 48.6 Å². The number of hydrogen-bond acceptors (Lipinski definition) is 4. The number of nitrogens with one attached hydrogen (secondary N) is 1. The minimum atomic E-state index is 0.0146. The van der Waals surface area contributed by atoms with Crippen molar-refractivity contribution in [3.8, 4) is 0 Å². The molecule has 1 fully saturated rings. The third kappa shape index (κ3) is 5.02. The Morgan fingerprint density at radius 1 is 1.23 bits per heavy atom. The van der Waals surface area contributed by atoms with Crippen LogP contribution < -0.4 is 5.32 Å². The highest BCUT2D eigenvalue weighted by Crippen LogP contribution is 2.26. The maximum Gasteiger partial charge on any atom is 0.225 e. The number of amides is 2. The molecule has 2 amide bonds. The molecule has 0 aliphatic carbocycles. The second-order valence-corrected chi connectivity index (χ2v) is 7.54. The number of nitrogens with zero attached hydrogens (tertiary/aromatic N) is 3. The summed E-state index contributed by atoms with van der Waals surface area (Å²) < 4.78 is 0. The number of aryl methyl sites for hydroxylation is 2. The van der Waals surface area contributed by atoms with Crippen molar-refractivity contribution >= 4 is 11.8 Å². The lowest BCUT2D eigenvalue weighted by Gasteiger charge is -2.33. The molecule has 0 saturated carbocycles. The van der Waals surface area contributed by atoms with Gasteiger partial charge in [-0.25, -0.2) is 9.97 Å². The summed E-state index contributed by atoms with van der Waals surface area (Å²) in [6.45, 7) is 12.0. The lowest BCUT2D eigenvalue weighted by atomic mass is 9.95. The fourth-order valence-electron chi connectivity index (χ4n) is 3.44. The fourth-order valence-corrected chi connectivity index (χ4v) is 3.44. The Kier molecular flexibility index (Phi) is 7.12. The molecule has 0 bridgehead atoms. The lowest BCUT2D eigenvalue weighted by molar-refractivity contribution is -0.135. The van der Waals surface area contributed by atoms with Crippen molar-refractivity contribution in [1.29, 1.82) is 0 Å². The molecule has 26 heavy (non-hydrogen) atoms. The maximum atomic E-state index is 12.3. The minimum Gasteiger partial charge on any atom is -0.356 e. The van der Waals surface area contributed by atoms with E-state index in [-0.39, 0.29) is 23.7 Å². The Balaban J connectivity index is 2.13. The van der Waals surface area contributed by atoms with E-state index in [4.69, 9.17) is 9.97 Å². The molecular formula is C20H32N4O2. The molecule has 6 heteroatoms. The molecule has 144 valence electrons. The number of rotatable bonds is 6. The van der Waals surface area contributed by atoms with Gasteiger partial charge in [0.1, 0.15) is 5.82 Å². The van der Waals surface area contributed by atoms with Crippen LogP contribution in [0.15, 0.2) is 0 Å². The summed E-state index contributed by atoms with van der Waals surface area (Å²) in [7, 11) is 0. The molecule has 1 N–H and O–H groups in total. The average molecular weight is 361 g/mol. The highest BCUT2D eigenvalue weighted by molar-refractivity contribution is 5.79. The van der Waals surface area contributed by atoms with Crippen LogP contribution in [0.2, 0.25) is 0 Å². The molecular weight excluding hydrogens is 328 g/mol. The van der Waals surface area contributed by atoms with Gasteiger partial charge in [-0.2, -0.15) is 0 Å². The first-order valence-corrected chi connectivity index (χ1v) is 9.73. The second-order valence-electron chi connectivity index (χ2n) is 7.54. The zero-order chi connectivity index (χ0) is 19.3. The van der Waals surface area contributed by atoms with Gasteiger partial charge < -0.3 is 10.2 Å². The molecule has 1 aliphatic rings. The van der Waals surface area contributed by atoms with Gasteiger partial charge in [0.15, 0.2) is 0 Å². The molecule has 2 heterocycles. The van der Waals surface area contributed by atoms with Crippen molar-refractivity contribution in [2.24, 2.45) is 5.92 Å². The molecule has 1 atom stereocenters. The van der Waals surface area contributed by atoms with Gasteiger partial charge >= 0.3 is 0 Å². The van der Waals surface area contributed by atoms with Crippen LogP contribution in [0.4, 0.5) is 0 Å². The van der Waals surface area contributed by atoms with Crippen LogP contribution >= 0.6 is 0 Å². The normalized spacial score (nSPS) is 17.5. The Morgan fingerprint density at radius 3 is 2.46 bits per heavy atom. The topological polar surface area (TPSA) is 75.2 Å². The largest absolute Gasteiger partial charge is 0.356 e. The third-order valence-electron chi connectivity index (χ3n) is 4.94. The van der Waals surface area contributed by atoms with Crippen LogP contribution in [0, 0.1) is 19.8 Å². The van der Waals surface area contributed by atoms with Gasteiger partial charge in [-0.05, 0) is 33.1 Å². The minimum absolute atomic E-state index is 0.0146. The van der Waals surface area contributed by atoms with Crippen LogP contribution in [0.5, 0.6) is 0 Å². The molecule has 1 aromatic rings. The van der Waals surface area contributed by atoms with Crippen LogP contribution in [0.1, 0.15) is 68.7 Å². The quantitative estimate of drug-likeness (QED) is 0.846. The van der Waals surface area contributed by atoms with Crippen LogP contribution in [-0.4, -0.2) is 46.3 Å². The number of likely N-dealkylation sites (tertiary alicyclic amines) is 1. The maximum absolute atomic E-state index is 12.3. The Bertz CT molecular complexity index is 634. The van der Waals surface area contributed by atoms with E-state index in [1.807, 2.05) is 39.5 Å².